The summed E-state index contributed by atoms with van der Waals surface area (Å²) in [5, 5.41) is 12.1. The number of rotatable bonds is 9. The first-order chi connectivity index (χ1) is 14.7. The number of aromatic nitrogens is 2. The van der Waals surface area contributed by atoms with Gasteiger partial charge >= 0.3 is 0 Å². The molecule has 0 fully saturated rings. The van der Waals surface area contributed by atoms with Gasteiger partial charge in [-0.25, -0.2) is 22.6 Å². The third-order valence-corrected chi connectivity index (χ3v) is 5.33. The molecule has 11 heteroatoms. The van der Waals surface area contributed by atoms with Crippen LogP contribution in [0.4, 0.5) is 10.1 Å². The monoisotopic (exact) mass is 450 g/mol. The highest BCUT2D eigenvalue weighted by Gasteiger charge is 2.19. The Morgan fingerprint density at radius 1 is 1.29 bits per heavy atom. The third-order valence-electron chi connectivity index (χ3n) is 4.38. The molecule has 0 saturated carbocycles. The van der Waals surface area contributed by atoms with Crippen molar-refractivity contribution in [2.24, 2.45) is 5.14 Å². The highest BCUT2D eigenvalue weighted by molar-refractivity contribution is 7.89. The number of sulfonamides is 1. The number of ether oxygens (including phenoxy) is 2. The molecule has 1 heterocycles. The van der Waals surface area contributed by atoms with E-state index >= 15 is 0 Å². The van der Waals surface area contributed by atoms with Crippen LogP contribution in [-0.2, 0) is 26.0 Å². The van der Waals surface area contributed by atoms with E-state index in [1.807, 2.05) is 0 Å². The van der Waals surface area contributed by atoms with Crippen molar-refractivity contribution < 1.29 is 27.1 Å². The number of methoxy groups -OCH3 is 1. The minimum absolute atomic E-state index is 0.0280. The van der Waals surface area contributed by atoms with Gasteiger partial charge in [0, 0.05) is 24.4 Å². The molecule has 0 aliphatic heterocycles. The van der Waals surface area contributed by atoms with Crippen molar-refractivity contribution in [1.82, 2.24) is 9.78 Å². The smallest absolute Gasteiger partial charge is 0.238 e. The van der Waals surface area contributed by atoms with Crippen LogP contribution in [0.3, 0.4) is 0 Å². The molecule has 3 N–H and O–H groups in total. The van der Waals surface area contributed by atoms with E-state index in [1.54, 1.807) is 31.4 Å². The quantitative estimate of drug-likeness (QED) is 0.482. The predicted octanol–water partition coefficient (Wildman–Crippen LogP) is 2.38. The molecule has 166 valence electrons. The van der Waals surface area contributed by atoms with Crippen molar-refractivity contribution in [2.45, 2.75) is 24.5 Å². The predicted molar refractivity (Wildman–Crippen MR) is 113 cm³/mol. The van der Waals surface area contributed by atoms with E-state index in [2.05, 4.69) is 10.4 Å². The zero-order valence-corrected chi connectivity index (χ0v) is 17.9. The van der Waals surface area contributed by atoms with Crippen LogP contribution in [0.15, 0.2) is 47.5 Å². The molecule has 31 heavy (non-hydrogen) atoms. The second-order valence-electron chi connectivity index (χ2n) is 6.85. The number of anilines is 1. The Balaban J connectivity index is 1.81. The SMILES string of the molecule is COCCOc1cccc(CC(=O)Nc2cc(S(N)(=O)=O)c3cn(C(C)F)nc3c2)c1. The van der Waals surface area contributed by atoms with E-state index in [-0.39, 0.29) is 33.8 Å². The van der Waals surface area contributed by atoms with E-state index in [4.69, 9.17) is 14.6 Å². The Morgan fingerprint density at radius 3 is 2.74 bits per heavy atom. The number of carbonyl (C=O) groups is 1. The van der Waals surface area contributed by atoms with Gasteiger partial charge in [-0.05, 0) is 36.8 Å². The fraction of sp³-hybridized carbons (Fsp3) is 0.300. The second kappa shape index (κ2) is 9.41. The Morgan fingerprint density at radius 2 is 2.06 bits per heavy atom. The summed E-state index contributed by atoms with van der Waals surface area (Å²) in [5.74, 6) is 0.221. The maximum absolute atomic E-state index is 13.6. The summed E-state index contributed by atoms with van der Waals surface area (Å²) in [4.78, 5) is 12.3. The third kappa shape index (κ3) is 5.78. The molecule has 1 unspecified atom stereocenters. The molecule has 1 atom stereocenters. The average Bonchev–Trinajstić information content (AvgIpc) is 3.11. The van der Waals surface area contributed by atoms with Crippen LogP contribution >= 0.6 is 0 Å². The summed E-state index contributed by atoms with van der Waals surface area (Å²) in [6, 6.07) is 9.73. The van der Waals surface area contributed by atoms with Crippen LogP contribution in [0.25, 0.3) is 10.9 Å². The van der Waals surface area contributed by atoms with Crippen LogP contribution in [0.2, 0.25) is 0 Å². The molecule has 0 spiro atoms. The van der Waals surface area contributed by atoms with Crippen molar-refractivity contribution >= 4 is 32.5 Å². The molecule has 3 aromatic rings. The summed E-state index contributed by atoms with van der Waals surface area (Å²) >= 11 is 0. The minimum Gasteiger partial charge on any atom is -0.491 e. The largest absolute Gasteiger partial charge is 0.491 e. The minimum atomic E-state index is -4.13. The van der Waals surface area contributed by atoms with Crippen molar-refractivity contribution in [2.75, 3.05) is 25.6 Å². The van der Waals surface area contributed by atoms with Crippen LogP contribution in [0, 0.1) is 0 Å². The number of fused-ring (bicyclic) bond motifs is 1. The first kappa shape index (κ1) is 22.7. The molecule has 0 aliphatic carbocycles. The normalized spacial score (nSPS) is 12.6. The first-order valence-electron chi connectivity index (χ1n) is 9.37. The van der Waals surface area contributed by atoms with Gasteiger partial charge in [-0.15, -0.1) is 0 Å². The van der Waals surface area contributed by atoms with Gasteiger partial charge in [0.15, 0.2) is 6.30 Å². The molecular weight excluding hydrogens is 427 g/mol. The number of primary sulfonamides is 1. The molecule has 1 aromatic heterocycles. The van der Waals surface area contributed by atoms with Crippen molar-refractivity contribution in [3.05, 3.63) is 48.2 Å². The zero-order valence-electron chi connectivity index (χ0n) is 17.0. The number of hydrogen-bond donors (Lipinski definition) is 2. The van der Waals surface area contributed by atoms with Gasteiger partial charge in [-0.2, -0.15) is 5.10 Å². The summed E-state index contributed by atoms with van der Waals surface area (Å²) < 4.78 is 49.1. The van der Waals surface area contributed by atoms with E-state index in [0.29, 0.717) is 24.5 Å². The lowest BCUT2D eigenvalue weighted by Crippen LogP contribution is -2.16. The average molecular weight is 450 g/mol. The number of nitrogens with one attached hydrogen (secondary N) is 1. The highest BCUT2D eigenvalue weighted by atomic mass is 32.2. The number of alkyl halides is 1. The van der Waals surface area contributed by atoms with Crippen molar-refractivity contribution in [1.29, 1.82) is 0 Å². The number of halogens is 1. The van der Waals surface area contributed by atoms with Gasteiger partial charge in [-0.1, -0.05) is 12.1 Å². The van der Waals surface area contributed by atoms with Gasteiger partial charge in [0.25, 0.3) is 0 Å². The standard InChI is InChI=1S/C20H23FN4O5S/c1-13(21)25-12-17-18(24-25)10-15(11-19(17)31(22,27)28)23-20(26)9-14-4-3-5-16(8-14)30-7-6-29-2/h3-5,8,10-13H,6-7,9H2,1-2H3,(H,23,26)(H2,22,27,28). The fourth-order valence-electron chi connectivity index (χ4n) is 2.98. The Labute approximate surface area is 179 Å². The number of hydrogen-bond acceptors (Lipinski definition) is 6. The summed E-state index contributed by atoms with van der Waals surface area (Å²) in [5.41, 5.74) is 1.08. The summed E-state index contributed by atoms with van der Waals surface area (Å²) in [7, 11) is -2.55. The zero-order chi connectivity index (χ0) is 22.6. The molecule has 9 nitrogen and oxygen atoms in total. The lowest BCUT2D eigenvalue weighted by molar-refractivity contribution is -0.115. The summed E-state index contributed by atoms with van der Waals surface area (Å²) in [6.07, 6.45) is -0.169. The molecule has 1 amide bonds. The number of nitrogens with zero attached hydrogens (tertiary/aromatic N) is 2. The van der Waals surface area contributed by atoms with Gasteiger partial charge in [0.1, 0.15) is 12.4 Å². The molecule has 2 aromatic carbocycles. The Bertz CT molecular complexity index is 1190. The Hall–Kier alpha value is -3.02. The van der Waals surface area contributed by atoms with E-state index in [9.17, 15) is 17.6 Å². The first-order valence-corrected chi connectivity index (χ1v) is 10.9. The molecular formula is C20H23FN4O5S. The van der Waals surface area contributed by atoms with Crippen LogP contribution in [0.5, 0.6) is 5.75 Å². The van der Waals surface area contributed by atoms with E-state index in [1.165, 1.54) is 25.3 Å². The van der Waals surface area contributed by atoms with E-state index in [0.717, 1.165) is 4.68 Å². The molecule has 0 bridgehead atoms. The number of carbonyl (C=O) groups excluding carboxylic acids is 1. The molecule has 0 radical (unpaired) electrons. The van der Waals surface area contributed by atoms with Crippen LogP contribution in [0.1, 0.15) is 18.8 Å². The van der Waals surface area contributed by atoms with Gasteiger partial charge in [0.2, 0.25) is 15.9 Å². The van der Waals surface area contributed by atoms with Crippen LogP contribution < -0.4 is 15.2 Å². The summed E-state index contributed by atoms with van der Waals surface area (Å²) in [6.45, 7) is 2.08. The molecule has 0 aliphatic rings. The maximum Gasteiger partial charge on any atom is 0.238 e. The number of amides is 1. The van der Waals surface area contributed by atoms with E-state index < -0.39 is 16.3 Å². The molecule has 0 saturated heterocycles. The molecule has 3 rings (SSSR count). The van der Waals surface area contributed by atoms with Gasteiger partial charge in [0.05, 0.1) is 23.4 Å². The number of benzene rings is 2. The lowest BCUT2D eigenvalue weighted by Gasteiger charge is -2.09. The van der Waals surface area contributed by atoms with Crippen molar-refractivity contribution in [3.63, 3.8) is 0 Å². The highest BCUT2D eigenvalue weighted by Crippen LogP contribution is 2.27. The van der Waals surface area contributed by atoms with Crippen LogP contribution in [-0.4, -0.2) is 44.4 Å². The topological polar surface area (TPSA) is 126 Å². The second-order valence-corrected chi connectivity index (χ2v) is 8.38. The van der Waals surface area contributed by atoms with Crippen molar-refractivity contribution in [3.8, 4) is 5.75 Å². The van der Waals surface area contributed by atoms with Gasteiger partial charge < -0.3 is 14.8 Å². The maximum atomic E-state index is 13.6. The fourth-order valence-corrected chi connectivity index (χ4v) is 3.73. The lowest BCUT2D eigenvalue weighted by atomic mass is 10.1. The number of nitrogens with two attached hydrogens (primary N) is 1. The Kier molecular flexibility index (Phi) is 6.88. The van der Waals surface area contributed by atoms with Gasteiger partial charge in [-0.3, -0.25) is 4.79 Å².